The number of hydrogen-bond acceptors (Lipinski definition) is 10. The SMILES string of the molecule is CCOC(=O)C1=C(C2CCN(S(=O)(=O)C3CC(C)(C(=O)OCCS(C)(C)C)C3)CC2)NC(c2nccs2)=NC1c1ccc(F)cc1Br. The Labute approximate surface area is 290 Å². The van der Waals surface area contributed by atoms with Gasteiger partial charge in [-0.05, 0) is 76.0 Å². The van der Waals surface area contributed by atoms with E-state index in [0.717, 1.165) is 5.75 Å². The molecule has 1 aromatic carbocycles. The highest BCUT2D eigenvalue weighted by molar-refractivity contribution is 9.10. The number of piperidine rings is 1. The number of rotatable bonds is 11. The lowest BCUT2D eigenvalue weighted by Gasteiger charge is -2.45. The Balaban J connectivity index is 1.34. The molecule has 0 radical (unpaired) electrons. The van der Waals surface area contributed by atoms with Gasteiger partial charge in [0.2, 0.25) is 10.0 Å². The summed E-state index contributed by atoms with van der Waals surface area (Å²) in [4.78, 5) is 35.7. The van der Waals surface area contributed by atoms with Crippen LogP contribution in [0.2, 0.25) is 0 Å². The number of nitrogens with zero attached hydrogens (tertiary/aromatic N) is 3. The number of carbonyl (C=O) groups is 2. The fourth-order valence-corrected chi connectivity index (χ4v) is 10.2. The van der Waals surface area contributed by atoms with Gasteiger partial charge in [0.25, 0.3) is 0 Å². The number of hydrogen-bond donors (Lipinski definition) is 1. The topological polar surface area (TPSA) is 127 Å². The first-order chi connectivity index (χ1) is 22.1. The van der Waals surface area contributed by atoms with Crippen molar-refractivity contribution in [3.63, 3.8) is 0 Å². The maximum Gasteiger partial charge on any atom is 0.338 e. The first-order valence-corrected chi connectivity index (χ1v) is 21.8. The molecule has 5 rings (SSSR count). The molecule has 1 N–H and O–H groups in total. The molecular weight excluding hydrogens is 731 g/mol. The number of aliphatic imine (C=N–C) groups is 1. The van der Waals surface area contributed by atoms with Crippen LogP contribution in [0, 0.1) is 17.2 Å². The second-order valence-corrected chi connectivity index (χ2v) is 21.8. The zero-order valence-corrected chi connectivity index (χ0v) is 31.3. The van der Waals surface area contributed by atoms with Gasteiger partial charge < -0.3 is 14.8 Å². The van der Waals surface area contributed by atoms with Gasteiger partial charge in [-0.25, -0.2) is 36.9 Å². The first kappa shape index (κ1) is 36.0. The number of amidine groups is 1. The molecule has 1 aromatic heterocycles. The molecule has 15 heteroatoms. The number of nitrogens with one attached hydrogen (secondary N) is 1. The number of thiazole rings is 1. The third-order valence-electron chi connectivity index (χ3n) is 8.88. The van der Waals surface area contributed by atoms with E-state index >= 15 is 0 Å². The normalized spacial score (nSPS) is 24.6. The van der Waals surface area contributed by atoms with Gasteiger partial charge in [0, 0.05) is 46.5 Å². The number of ether oxygens (including phenoxy) is 2. The standard InChI is InChI=1S/C32H42BrFN4O6S3/c1-6-43-30(39)25-26(36-28(29-35-11-15-45-29)37-27(25)23-8-7-21(34)17-24(23)33)20-9-12-38(13-10-20)47(41,42)22-18-32(2,19-22)31(40)44-14-16-46(3,4)5/h7-8,11,15,17,20,22,27H,6,9-10,12-14,16,18-19H2,1-5H3,(H,36,37). The van der Waals surface area contributed by atoms with Crippen LogP contribution in [-0.4, -0.2) is 91.6 Å². The fourth-order valence-electron chi connectivity index (χ4n) is 6.21. The molecule has 2 aliphatic heterocycles. The molecule has 2 aromatic rings. The Hall–Kier alpha value is -2.33. The molecule has 1 saturated heterocycles. The van der Waals surface area contributed by atoms with Gasteiger partial charge in [-0.15, -0.1) is 11.3 Å². The van der Waals surface area contributed by atoms with E-state index in [4.69, 9.17) is 14.5 Å². The quantitative estimate of drug-likeness (QED) is 0.301. The van der Waals surface area contributed by atoms with Crippen molar-refractivity contribution in [3.05, 3.63) is 61.9 Å². The third-order valence-corrected chi connectivity index (χ3v) is 14.0. The van der Waals surface area contributed by atoms with Crippen LogP contribution in [0.5, 0.6) is 0 Å². The molecule has 0 amide bonds. The zero-order chi connectivity index (χ0) is 34.1. The lowest BCUT2D eigenvalue weighted by Crippen LogP contribution is -2.54. The molecule has 3 heterocycles. The van der Waals surface area contributed by atoms with Crippen LogP contribution in [0.25, 0.3) is 0 Å². The van der Waals surface area contributed by atoms with Crippen molar-refractivity contribution in [1.29, 1.82) is 0 Å². The van der Waals surface area contributed by atoms with E-state index in [-0.39, 0.29) is 44.4 Å². The van der Waals surface area contributed by atoms with E-state index in [1.54, 1.807) is 26.1 Å². The van der Waals surface area contributed by atoms with Crippen LogP contribution in [0.3, 0.4) is 0 Å². The van der Waals surface area contributed by atoms with Crippen LogP contribution in [0.1, 0.15) is 56.1 Å². The van der Waals surface area contributed by atoms with Crippen molar-refractivity contribution in [3.8, 4) is 0 Å². The predicted octanol–water partition coefficient (Wildman–Crippen LogP) is 5.40. The molecule has 258 valence electrons. The minimum Gasteiger partial charge on any atom is -0.464 e. The van der Waals surface area contributed by atoms with Gasteiger partial charge in [-0.2, -0.15) is 0 Å². The van der Waals surface area contributed by atoms with Crippen molar-refractivity contribution in [2.75, 3.05) is 50.8 Å². The minimum absolute atomic E-state index is 0.151. The Morgan fingerprint density at radius 1 is 1.17 bits per heavy atom. The van der Waals surface area contributed by atoms with E-state index in [9.17, 15) is 22.4 Å². The molecule has 1 saturated carbocycles. The Morgan fingerprint density at radius 3 is 2.47 bits per heavy atom. The number of carbonyl (C=O) groups excluding carboxylic acids is 2. The lowest BCUT2D eigenvalue weighted by atomic mass is 9.70. The Kier molecular flexibility index (Phi) is 10.9. The Morgan fingerprint density at radius 2 is 1.87 bits per heavy atom. The largest absolute Gasteiger partial charge is 0.464 e. The number of sulfonamides is 1. The highest BCUT2D eigenvalue weighted by Crippen LogP contribution is 2.47. The van der Waals surface area contributed by atoms with Crippen molar-refractivity contribution < 1.29 is 31.9 Å². The van der Waals surface area contributed by atoms with E-state index in [1.165, 1.54) is 27.8 Å². The number of allylic oxidation sites excluding steroid dienone is 1. The molecule has 0 spiro atoms. The second kappa shape index (κ2) is 14.3. The number of halogens is 2. The fraction of sp³-hybridized carbons (Fsp3) is 0.562. The summed E-state index contributed by atoms with van der Waals surface area (Å²) in [7, 11) is -4.45. The van der Waals surface area contributed by atoms with Crippen LogP contribution in [-0.2, 0) is 29.1 Å². The summed E-state index contributed by atoms with van der Waals surface area (Å²) in [5, 5.41) is 5.17. The van der Waals surface area contributed by atoms with Crippen LogP contribution in [0.4, 0.5) is 4.39 Å². The summed E-state index contributed by atoms with van der Waals surface area (Å²) in [6, 6.07) is 3.45. The zero-order valence-electron chi connectivity index (χ0n) is 27.3. The summed E-state index contributed by atoms with van der Waals surface area (Å²) >= 11 is 4.85. The van der Waals surface area contributed by atoms with Crippen LogP contribution in [0.15, 0.2) is 50.5 Å². The van der Waals surface area contributed by atoms with Gasteiger partial charge in [-0.3, -0.25) is 9.79 Å². The highest BCUT2D eigenvalue weighted by atomic mass is 79.9. The molecule has 3 aliphatic rings. The van der Waals surface area contributed by atoms with Gasteiger partial charge in [-0.1, -0.05) is 22.0 Å². The van der Waals surface area contributed by atoms with Gasteiger partial charge >= 0.3 is 11.9 Å². The van der Waals surface area contributed by atoms with E-state index in [1.807, 2.05) is 5.38 Å². The van der Waals surface area contributed by atoms with Crippen molar-refractivity contribution in [2.24, 2.45) is 16.3 Å². The minimum atomic E-state index is -3.65. The van der Waals surface area contributed by atoms with E-state index in [2.05, 4.69) is 45.0 Å². The molecule has 1 aliphatic carbocycles. The van der Waals surface area contributed by atoms with Crippen LogP contribution < -0.4 is 5.32 Å². The van der Waals surface area contributed by atoms with Gasteiger partial charge in [0.05, 0.1) is 29.5 Å². The predicted molar refractivity (Wildman–Crippen MR) is 188 cm³/mol. The molecule has 1 unspecified atom stereocenters. The number of benzene rings is 1. The maximum atomic E-state index is 14.1. The van der Waals surface area contributed by atoms with Crippen molar-refractivity contribution in [1.82, 2.24) is 14.6 Å². The summed E-state index contributed by atoms with van der Waals surface area (Å²) in [5.41, 5.74) is 0.706. The maximum absolute atomic E-state index is 14.1. The summed E-state index contributed by atoms with van der Waals surface area (Å²) in [5.74, 6) is -0.220. The molecule has 1 atom stereocenters. The lowest BCUT2D eigenvalue weighted by molar-refractivity contribution is -0.159. The summed E-state index contributed by atoms with van der Waals surface area (Å²) in [6.07, 6.45) is 9.52. The van der Waals surface area contributed by atoms with Crippen molar-refractivity contribution in [2.45, 2.75) is 50.8 Å². The number of aromatic nitrogens is 1. The second-order valence-electron chi connectivity index (χ2n) is 13.3. The Bertz CT molecular complexity index is 1660. The van der Waals surface area contributed by atoms with Crippen LogP contribution >= 0.6 is 37.3 Å². The molecule has 10 nitrogen and oxygen atoms in total. The third kappa shape index (κ3) is 7.95. The molecule has 0 bridgehead atoms. The van der Waals surface area contributed by atoms with Crippen molar-refractivity contribution >= 4 is 65.1 Å². The molecule has 47 heavy (non-hydrogen) atoms. The first-order valence-electron chi connectivity index (χ1n) is 15.6. The van der Waals surface area contributed by atoms with E-state index < -0.39 is 48.5 Å². The summed E-state index contributed by atoms with van der Waals surface area (Å²) < 4.78 is 54.5. The highest BCUT2D eigenvalue weighted by Gasteiger charge is 2.54. The smallest absolute Gasteiger partial charge is 0.338 e. The number of esters is 2. The average Bonchev–Trinajstić information content (AvgIpc) is 3.54. The average molecular weight is 774 g/mol. The van der Waals surface area contributed by atoms with Gasteiger partial charge in [0.15, 0.2) is 10.8 Å². The molecule has 2 fully saturated rings. The summed E-state index contributed by atoms with van der Waals surface area (Å²) in [6.45, 7) is 4.53. The van der Waals surface area contributed by atoms with E-state index in [0.29, 0.717) is 51.6 Å². The monoisotopic (exact) mass is 772 g/mol. The van der Waals surface area contributed by atoms with Gasteiger partial charge in [0.1, 0.15) is 11.9 Å². The molecular formula is C32H42BrFN4O6S3.